The minimum absolute atomic E-state index is 0.0258. The number of pyridine rings is 1. The van der Waals surface area contributed by atoms with Gasteiger partial charge < -0.3 is 11.1 Å². The van der Waals surface area contributed by atoms with Crippen LogP contribution in [0.5, 0.6) is 0 Å². The first-order valence-electron chi connectivity index (χ1n) is 6.26. The fourth-order valence-corrected chi connectivity index (χ4v) is 1.98. The van der Waals surface area contributed by atoms with Crippen LogP contribution in [0.4, 0.5) is 16.0 Å². The van der Waals surface area contributed by atoms with E-state index in [9.17, 15) is 4.39 Å². The first-order chi connectivity index (χ1) is 9.61. The number of nitrogens with zero attached hydrogens (tertiary/aromatic N) is 3. The Kier molecular flexibility index (Phi) is 2.98. The summed E-state index contributed by atoms with van der Waals surface area (Å²) in [4.78, 5) is 4.29. The van der Waals surface area contributed by atoms with Gasteiger partial charge in [-0.1, -0.05) is 12.1 Å². The molecule has 1 atom stereocenters. The Morgan fingerprint density at radius 1 is 1.20 bits per heavy atom. The van der Waals surface area contributed by atoms with Crippen LogP contribution in [0.15, 0.2) is 42.6 Å². The summed E-state index contributed by atoms with van der Waals surface area (Å²) in [5.74, 6) is 0.112. The predicted octanol–water partition coefficient (Wildman–Crippen LogP) is 2.62. The monoisotopic (exact) mass is 271 g/mol. The van der Waals surface area contributed by atoms with Gasteiger partial charge in [0.1, 0.15) is 5.82 Å². The number of aromatic nitrogens is 3. The average Bonchev–Trinajstić information content (AvgIpc) is 2.80. The van der Waals surface area contributed by atoms with E-state index in [0.717, 1.165) is 11.3 Å². The van der Waals surface area contributed by atoms with E-state index in [1.54, 1.807) is 6.07 Å². The fourth-order valence-electron chi connectivity index (χ4n) is 1.98. The van der Waals surface area contributed by atoms with Crippen molar-refractivity contribution in [2.75, 3.05) is 11.1 Å². The molecule has 0 saturated carbocycles. The van der Waals surface area contributed by atoms with Gasteiger partial charge in [-0.15, -0.1) is 5.10 Å². The van der Waals surface area contributed by atoms with Crippen LogP contribution >= 0.6 is 0 Å². The molecule has 102 valence electrons. The molecule has 1 unspecified atom stereocenters. The maximum absolute atomic E-state index is 13.1. The third kappa shape index (κ3) is 2.40. The Hall–Kier alpha value is -2.63. The molecule has 0 aliphatic heterocycles. The molecule has 0 aliphatic carbocycles. The smallest absolute Gasteiger partial charge is 0.243 e. The number of anilines is 2. The molecule has 2 aromatic heterocycles. The highest BCUT2D eigenvalue weighted by Crippen LogP contribution is 2.18. The molecule has 3 N–H and O–H groups in total. The zero-order valence-corrected chi connectivity index (χ0v) is 10.9. The van der Waals surface area contributed by atoms with Crippen molar-refractivity contribution in [2.45, 2.75) is 13.0 Å². The van der Waals surface area contributed by atoms with Crippen LogP contribution in [-0.2, 0) is 0 Å². The highest BCUT2D eigenvalue weighted by atomic mass is 19.1. The largest absolute Gasteiger partial charge is 0.399 e. The van der Waals surface area contributed by atoms with E-state index in [1.807, 2.05) is 31.2 Å². The van der Waals surface area contributed by atoms with Gasteiger partial charge >= 0.3 is 0 Å². The van der Waals surface area contributed by atoms with Gasteiger partial charge in [-0.25, -0.2) is 8.91 Å². The number of fused-ring (bicyclic) bond motifs is 1. The molecule has 20 heavy (non-hydrogen) atoms. The van der Waals surface area contributed by atoms with Gasteiger partial charge in [-0.2, -0.15) is 4.98 Å². The summed E-state index contributed by atoms with van der Waals surface area (Å²) in [5.41, 5.74) is 8.05. The van der Waals surface area contributed by atoms with Crippen LogP contribution in [0.2, 0.25) is 0 Å². The standard InChI is InChI=1S/C14H14FN5/c1-9(10-2-5-12(16)6-3-10)17-14-18-13-7-4-11(15)8-20(13)19-14/h2-9H,16H2,1H3,(H,17,19). The third-order valence-electron chi connectivity index (χ3n) is 3.08. The quantitative estimate of drug-likeness (QED) is 0.718. The number of nitrogens with one attached hydrogen (secondary N) is 1. The Morgan fingerprint density at radius 2 is 1.95 bits per heavy atom. The van der Waals surface area contributed by atoms with Crippen molar-refractivity contribution in [3.8, 4) is 0 Å². The number of hydrogen-bond acceptors (Lipinski definition) is 4. The second-order valence-corrected chi connectivity index (χ2v) is 4.62. The minimum Gasteiger partial charge on any atom is -0.399 e. The number of hydrogen-bond donors (Lipinski definition) is 2. The molecule has 0 amide bonds. The maximum atomic E-state index is 13.1. The molecule has 3 aromatic rings. The molecule has 3 rings (SSSR count). The van der Waals surface area contributed by atoms with E-state index < -0.39 is 0 Å². The summed E-state index contributed by atoms with van der Waals surface area (Å²) in [6.07, 6.45) is 1.29. The number of nitrogen functional groups attached to an aromatic ring is 1. The van der Waals surface area contributed by atoms with Crippen molar-refractivity contribution in [2.24, 2.45) is 0 Å². The Morgan fingerprint density at radius 3 is 2.70 bits per heavy atom. The van der Waals surface area contributed by atoms with Crippen LogP contribution < -0.4 is 11.1 Å². The number of rotatable bonds is 3. The first kappa shape index (κ1) is 12.4. The molecule has 6 heteroatoms. The molecular formula is C14H14FN5. The molecule has 0 radical (unpaired) electrons. The van der Waals surface area contributed by atoms with E-state index in [0.29, 0.717) is 11.6 Å². The minimum atomic E-state index is -0.347. The Bertz CT molecular complexity index is 735. The molecule has 0 spiro atoms. The van der Waals surface area contributed by atoms with Gasteiger partial charge in [0, 0.05) is 5.69 Å². The fraction of sp³-hybridized carbons (Fsp3) is 0.143. The molecule has 1 aromatic carbocycles. The molecule has 0 bridgehead atoms. The third-order valence-corrected chi connectivity index (χ3v) is 3.08. The topological polar surface area (TPSA) is 68.2 Å². The number of halogens is 1. The highest BCUT2D eigenvalue weighted by molar-refractivity contribution is 5.45. The lowest BCUT2D eigenvalue weighted by Gasteiger charge is -2.12. The van der Waals surface area contributed by atoms with Gasteiger partial charge in [0.2, 0.25) is 5.95 Å². The summed E-state index contributed by atoms with van der Waals surface area (Å²) in [6.45, 7) is 2.00. The lowest BCUT2D eigenvalue weighted by Crippen LogP contribution is -2.08. The van der Waals surface area contributed by atoms with Crippen molar-refractivity contribution in [1.82, 2.24) is 14.6 Å². The lowest BCUT2D eigenvalue weighted by atomic mass is 10.1. The van der Waals surface area contributed by atoms with E-state index in [4.69, 9.17) is 5.73 Å². The maximum Gasteiger partial charge on any atom is 0.243 e. The van der Waals surface area contributed by atoms with Crippen molar-refractivity contribution < 1.29 is 4.39 Å². The van der Waals surface area contributed by atoms with Crippen molar-refractivity contribution in [1.29, 1.82) is 0 Å². The van der Waals surface area contributed by atoms with Gasteiger partial charge in [0.05, 0.1) is 12.2 Å². The normalized spacial score (nSPS) is 12.5. The molecule has 0 saturated heterocycles. The van der Waals surface area contributed by atoms with E-state index in [1.165, 1.54) is 16.8 Å². The Labute approximate surface area is 115 Å². The first-order valence-corrected chi connectivity index (χ1v) is 6.26. The average molecular weight is 271 g/mol. The van der Waals surface area contributed by atoms with Gasteiger partial charge in [-0.3, -0.25) is 0 Å². The van der Waals surface area contributed by atoms with Gasteiger partial charge in [0.15, 0.2) is 5.65 Å². The zero-order valence-electron chi connectivity index (χ0n) is 10.9. The number of benzene rings is 1. The SMILES string of the molecule is CC(Nc1nc2ccc(F)cn2n1)c1ccc(N)cc1. The number of nitrogens with two attached hydrogens (primary N) is 1. The van der Waals surface area contributed by atoms with Crippen LogP contribution in [0.1, 0.15) is 18.5 Å². The molecule has 5 nitrogen and oxygen atoms in total. The van der Waals surface area contributed by atoms with E-state index in [-0.39, 0.29) is 11.9 Å². The zero-order chi connectivity index (χ0) is 14.1. The van der Waals surface area contributed by atoms with Gasteiger partial charge in [0.25, 0.3) is 0 Å². The molecule has 0 aliphatic rings. The van der Waals surface area contributed by atoms with Crippen LogP contribution in [0, 0.1) is 5.82 Å². The summed E-state index contributed by atoms with van der Waals surface area (Å²) >= 11 is 0. The van der Waals surface area contributed by atoms with Crippen molar-refractivity contribution in [3.05, 3.63) is 54.0 Å². The van der Waals surface area contributed by atoms with Crippen LogP contribution in [-0.4, -0.2) is 14.6 Å². The summed E-state index contributed by atoms with van der Waals surface area (Å²) in [5, 5.41) is 7.37. The van der Waals surface area contributed by atoms with Gasteiger partial charge in [-0.05, 0) is 36.8 Å². The van der Waals surface area contributed by atoms with Crippen LogP contribution in [0.3, 0.4) is 0 Å². The van der Waals surface area contributed by atoms with Crippen molar-refractivity contribution >= 4 is 17.3 Å². The van der Waals surface area contributed by atoms with Crippen molar-refractivity contribution in [3.63, 3.8) is 0 Å². The predicted molar refractivity (Wildman–Crippen MR) is 75.8 cm³/mol. The van der Waals surface area contributed by atoms with Crippen LogP contribution in [0.25, 0.3) is 5.65 Å². The molecule has 2 heterocycles. The molecule has 0 fully saturated rings. The summed E-state index contributed by atoms with van der Waals surface area (Å²) in [7, 11) is 0. The van der Waals surface area contributed by atoms with E-state index in [2.05, 4.69) is 15.4 Å². The van der Waals surface area contributed by atoms with E-state index >= 15 is 0 Å². The highest BCUT2D eigenvalue weighted by Gasteiger charge is 2.09. The second kappa shape index (κ2) is 4.80. The summed E-state index contributed by atoms with van der Waals surface area (Å²) in [6, 6.07) is 10.6. The second-order valence-electron chi connectivity index (χ2n) is 4.62. The molecular weight excluding hydrogens is 257 g/mol. The summed E-state index contributed by atoms with van der Waals surface area (Å²) < 4.78 is 14.5. The Balaban J connectivity index is 1.83. The lowest BCUT2D eigenvalue weighted by molar-refractivity contribution is 0.614.